The molecule has 3 unspecified atom stereocenters. The molecular weight excluding hydrogens is 264 g/mol. The minimum absolute atomic E-state index is 0.0281. The summed E-state index contributed by atoms with van der Waals surface area (Å²) in [6, 6.07) is 3.69. The molecule has 0 aromatic carbocycles. The lowest BCUT2D eigenvalue weighted by Crippen LogP contribution is -2.31. The fraction of sp³-hybridized carbons (Fsp3) is 0.692. The molecule has 2 rings (SSSR count). The molecule has 1 aromatic rings. The van der Waals surface area contributed by atoms with Gasteiger partial charge in [0.25, 0.3) is 10.0 Å². The maximum absolute atomic E-state index is 11.5. The van der Waals surface area contributed by atoms with Crippen molar-refractivity contribution in [2.24, 2.45) is 11.8 Å². The highest BCUT2D eigenvalue weighted by Crippen LogP contribution is 2.31. The summed E-state index contributed by atoms with van der Waals surface area (Å²) in [5.74, 6) is 2.05. The topological polar surface area (TPSA) is 71.3 Å². The second-order valence-electron chi connectivity index (χ2n) is 5.33. The molecule has 1 saturated carbocycles. The molecule has 108 valence electrons. The Morgan fingerprint density at radius 2 is 2.05 bits per heavy atom. The van der Waals surface area contributed by atoms with Crippen molar-refractivity contribution in [3.63, 3.8) is 0 Å². The van der Waals surface area contributed by atoms with Gasteiger partial charge in [0.1, 0.15) is 5.76 Å². The SMILES string of the molecule is CNS(=O)(=O)c1ccc(CNC2CCC(C)C2C)o1. The van der Waals surface area contributed by atoms with Crippen LogP contribution in [0.3, 0.4) is 0 Å². The van der Waals surface area contributed by atoms with E-state index in [1.165, 1.54) is 26.0 Å². The number of furan rings is 1. The van der Waals surface area contributed by atoms with Gasteiger partial charge in [-0.2, -0.15) is 0 Å². The van der Waals surface area contributed by atoms with Crippen LogP contribution < -0.4 is 10.0 Å². The van der Waals surface area contributed by atoms with Crippen molar-refractivity contribution in [2.75, 3.05) is 7.05 Å². The van der Waals surface area contributed by atoms with Gasteiger partial charge in [-0.25, -0.2) is 13.1 Å². The minimum Gasteiger partial charge on any atom is -0.447 e. The predicted molar refractivity (Wildman–Crippen MR) is 73.1 cm³/mol. The largest absolute Gasteiger partial charge is 0.447 e. The van der Waals surface area contributed by atoms with Crippen LogP contribution in [0.2, 0.25) is 0 Å². The van der Waals surface area contributed by atoms with Gasteiger partial charge in [0.2, 0.25) is 5.09 Å². The van der Waals surface area contributed by atoms with Crippen molar-refractivity contribution >= 4 is 10.0 Å². The van der Waals surface area contributed by atoms with Crippen LogP contribution >= 0.6 is 0 Å². The van der Waals surface area contributed by atoms with Crippen molar-refractivity contribution < 1.29 is 12.8 Å². The van der Waals surface area contributed by atoms with E-state index < -0.39 is 10.0 Å². The van der Waals surface area contributed by atoms with Crippen LogP contribution in [-0.4, -0.2) is 21.5 Å². The molecule has 3 atom stereocenters. The summed E-state index contributed by atoms with van der Waals surface area (Å²) in [5.41, 5.74) is 0. The molecule has 19 heavy (non-hydrogen) atoms. The normalized spacial score (nSPS) is 27.8. The summed E-state index contributed by atoms with van der Waals surface area (Å²) in [7, 11) is -2.11. The smallest absolute Gasteiger partial charge is 0.273 e. The fourth-order valence-electron chi connectivity index (χ4n) is 2.58. The highest BCUT2D eigenvalue weighted by molar-refractivity contribution is 7.89. The minimum atomic E-state index is -3.48. The average Bonchev–Trinajstić information content (AvgIpc) is 2.97. The molecule has 1 aliphatic rings. The highest BCUT2D eigenvalue weighted by atomic mass is 32.2. The summed E-state index contributed by atoms with van der Waals surface area (Å²) in [6.45, 7) is 5.10. The zero-order chi connectivity index (χ0) is 14.0. The first-order valence-corrected chi connectivity index (χ1v) is 8.18. The molecule has 1 heterocycles. The molecule has 0 aliphatic heterocycles. The molecule has 1 fully saturated rings. The highest BCUT2D eigenvalue weighted by Gasteiger charge is 2.29. The number of sulfonamides is 1. The molecule has 0 bridgehead atoms. The molecule has 5 nitrogen and oxygen atoms in total. The van der Waals surface area contributed by atoms with E-state index in [1.54, 1.807) is 6.07 Å². The van der Waals surface area contributed by atoms with Gasteiger partial charge in [-0.3, -0.25) is 0 Å². The van der Waals surface area contributed by atoms with E-state index in [9.17, 15) is 8.42 Å². The van der Waals surface area contributed by atoms with E-state index >= 15 is 0 Å². The Kier molecular flexibility index (Phi) is 4.32. The van der Waals surface area contributed by atoms with Crippen LogP contribution in [0, 0.1) is 11.8 Å². The zero-order valence-electron chi connectivity index (χ0n) is 11.6. The van der Waals surface area contributed by atoms with Gasteiger partial charge in [-0.15, -0.1) is 0 Å². The van der Waals surface area contributed by atoms with E-state index in [-0.39, 0.29) is 5.09 Å². The first kappa shape index (κ1) is 14.6. The van der Waals surface area contributed by atoms with E-state index in [4.69, 9.17) is 4.42 Å². The number of nitrogens with one attached hydrogen (secondary N) is 2. The maximum Gasteiger partial charge on any atom is 0.273 e. The second kappa shape index (κ2) is 5.64. The summed E-state index contributed by atoms with van der Waals surface area (Å²) >= 11 is 0. The quantitative estimate of drug-likeness (QED) is 0.864. The first-order valence-electron chi connectivity index (χ1n) is 6.69. The Hall–Kier alpha value is -0.850. The average molecular weight is 286 g/mol. The lowest BCUT2D eigenvalue weighted by Gasteiger charge is -2.18. The number of hydrogen-bond donors (Lipinski definition) is 2. The third-order valence-electron chi connectivity index (χ3n) is 4.17. The lowest BCUT2D eigenvalue weighted by molar-refractivity contribution is 0.343. The van der Waals surface area contributed by atoms with Gasteiger partial charge in [0.05, 0.1) is 6.54 Å². The molecule has 0 radical (unpaired) electrons. The molecule has 6 heteroatoms. The monoisotopic (exact) mass is 286 g/mol. The second-order valence-corrected chi connectivity index (χ2v) is 7.15. The molecule has 1 aliphatic carbocycles. The fourth-order valence-corrected chi connectivity index (χ4v) is 3.25. The van der Waals surface area contributed by atoms with Gasteiger partial charge >= 0.3 is 0 Å². The van der Waals surface area contributed by atoms with Crippen molar-refractivity contribution in [3.05, 3.63) is 17.9 Å². The molecule has 0 spiro atoms. The summed E-state index contributed by atoms with van der Waals surface area (Å²) in [5, 5.41) is 3.42. The Morgan fingerprint density at radius 3 is 2.63 bits per heavy atom. The van der Waals surface area contributed by atoms with Crippen LogP contribution in [0.1, 0.15) is 32.4 Å². The van der Waals surface area contributed by atoms with Gasteiger partial charge in [-0.05, 0) is 43.9 Å². The van der Waals surface area contributed by atoms with Crippen molar-refractivity contribution in [1.82, 2.24) is 10.0 Å². The standard InChI is InChI=1S/C13H22N2O3S/c1-9-4-6-12(10(9)2)15-8-11-5-7-13(18-11)19(16,17)14-3/h5,7,9-10,12,14-15H,4,6,8H2,1-3H3. The van der Waals surface area contributed by atoms with Crippen LogP contribution in [0.15, 0.2) is 21.6 Å². The Balaban J connectivity index is 1.94. The van der Waals surface area contributed by atoms with Gasteiger partial charge in [-0.1, -0.05) is 13.8 Å². The van der Waals surface area contributed by atoms with Crippen LogP contribution in [0.4, 0.5) is 0 Å². The lowest BCUT2D eigenvalue weighted by atomic mass is 9.98. The summed E-state index contributed by atoms with van der Waals surface area (Å²) in [4.78, 5) is 0. The first-order chi connectivity index (χ1) is 8.94. The van der Waals surface area contributed by atoms with E-state index in [1.807, 2.05) is 0 Å². The van der Waals surface area contributed by atoms with Gasteiger partial charge in [0, 0.05) is 6.04 Å². The third-order valence-corrected chi connectivity index (χ3v) is 5.46. The van der Waals surface area contributed by atoms with Crippen LogP contribution in [0.25, 0.3) is 0 Å². The van der Waals surface area contributed by atoms with Crippen molar-refractivity contribution in [3.8, 4) is 0 Å². The predicted octanol–water partition coefficient (Wildman–Crippen LogP) is 1.71. The van der Waals surface area contributed by atoms with E-state index in [0.717, 1.165) is 5.92 Å². The van der Waals surface area contributed by atoms with Crippen LogP contribution in [-0.2, 0) is 16.6 Å². The third kappa shape index (κ3) is 3.19. The van der Waals surface area contributed by atoms with Gasteiger partial charge < -0.3 is 9.73 Å². The molecule has 0 saturated heterocycles. The number of hydrogen-bond acceptors (Lipinski definition) is 4. The molecule has 2 N–H and O–H groups in total. The summed E-state index contributed by atoms with van der Waals surface area (Å²) < 4.78 is 30.7. The van der Waals surface area contributed by atoms with Crippen molar-refractivity contribution in [2.45, 2.75) is 44.4 Å². The van der Waals surface area contributed by atoms with E-state index in [2.05, 4.69) is 23.9 Å². The molecule has 0 amide bonds. The Labute approximate surface area is 114 Å². The van der Waals surface area contributed by atoms with Crippen molar-refractivity contribution in [1.29, 1.82) is 0 Å². The van der Waals surface area contributed by atoms with Gasteiger partial charge in [0.15, 0.2) is 0 Å². The Morgan fingerprint density at radius 1 is 1.32 bits per heavy atom. The Bertz CT molecular complexity index is 524. The molecule has 1 aromatic heterocycles. The molecular formula is C13H22N2O3S. The van der Waals surface area contributed by atoms with E-state index in [0.29, 0.717) is 24.3 Å². The summed E-state index contributed by atoms with van der Waals surface area (Å²) in [6.07, 6.45) is 2.42. The maximum atomic E-state index is 11.5. The van der Waals surface area contributed by atoms with Crippen LogP contribution in [0.5, 0.6) is 0 Å². The number of rotatable bonds is 5. The zero-order valence-corrected chi connectivity index (χ0v) is 12.5.